The number of benzene rings is 1. The second kappa shape index (κ2) is 4.35. The molecule has 0 unspecified atom stereocenters. The summed E-state index contributed by atoms with van der Waals surface area (Å²) in [6.07, 6.45) is 0.427. The van der Waals surface area contributed by atoms with Crippen molar-refractivity contribution in [3.8, 4) is 0 Å². The molecule has 0 nitrogen and oxygen atoms in total. The summed E-state index contributed by atoms with van der Waals surface area (Å²) in [5.74, 6) is 0. The van der Waals surface area contributed by atoms with Gasteiger partial charge in [0.1, 0.15) is 0 Å². The van der Waals surface area contributed by atoms with Crippen molar-refractivity contribution in [2.45, 2.75) is 13.2 Å². The molecule has 0 saturated carbocycles. The van der Waals surface area contributed by atoms with Crippen LogP contribution < -0.4 is 0 Å². The zero-order valence-corrected chi connectivity index (χ0v) is 7.88. The fourth-order valence-electron chi connectivity index (χ4n) is 1.13. The average Bonchev–Trinajstić information content (AvgIpc) is 2.14. The lowest BCUT2D eigenvalue weighted by molar-refractivity contribution is 0.478. The van der Waals surface area contributed by atoms with Gasteiger partial charge in [-0.15, -0.1) is 6.08 Å². The third kappa shape index (κ3) is 3.68. The molecule has 1 aromatic rings. The third-order valence-corrected chi connectivity index (χ3v) is 1.92. The summed E-state index contributed by atoms with van der Waals surface area (Å²) in [6, 6.07) is 9.06. The van der Waals surface area contributed by atoms with Crippen LogP contribution in [0, 0.1) is 0 Å². The van der Waals surface area contributed by atoms with Crippen LogP contribution in [-0.4, -0.2) is 6.98 Å². The Labute approximate surface area is 81.5 Å². The van der Waals surface area contributed by atoms with Crippen LogP contribution in [0.5, 0.6) is 0 Å². The predicted molar refractivity (Wildman–Crippen MR) is 54.0 cm³/mol. The van der Waals surface area contributed by atoms with Gasteiger partial charge in [-0.2, -0.15) is 0 Å². The summed E-state index contributed by atoms with van der Waals surface area (Å²) < 4.78 is 35.8. The first kappa shape index (κ1) is 10.9. The van der Waals surface area contributed by atoms with Crippen LogP contribution in [-0.2, 0) is 0 Å². The van der Waals surface area contributed by atoms with Gasteiger partial charge in [0.2, 0.25) is 0 Å². The molecule has 0 heterocycles. The van der Waals surface area contributed by atoms with Crippen LogP contribution in [0.2, 0.25) is 6.32 Å². The molecule has 0 bridgehead atoms. The largest absolute Gasteiger partial charge is 0.482 e. The van der Waals surface area contributed by atoms with E-state index in [-0.39, 0.29) is 0 Å². The summed E-state index contributed by atoms with van der Waals surface area (Å²) in [4.78, 5) is 0. The van der Waals surface area contributed by atoms with Crippen molar-refractivity contribution in [1.29, 1.82) is 0 Å². The van der Waals surface area contributed by atoms with Crippen molar-refractivity contribution in [3.05, 3.63) is 42.0 Å². The molecule has 0 aromatic heterocycles. The molecule has 0 spiro atoms. The van der Waals surface area contributed by atoms with E-state index in [0.29, 0.717) is 5.57 Å². The highest BCUT2D eigenvalue weighted by atomic mass is 19.4. The fourth-order valence-corrected chi connectivity index (χ4v) is 1.13. The molecule has 0 aliphatic heterocycles. The molecular formula is C10H11BF3-. The van der Waals surface area contributed by atoms with Crippen molar-refractivity contribution in [3.63, 3.8) is 0 Å². The monoisotopic (exact) mass is 199 g/mol. The van der Waals surface area contributed by atoms with Crippen LogP contribution in [0.1, 0.15) is 12.5 Å². The normalized spacial score (nSPS) is 13.0. The van der Waals surface area contributed by atoms with Gasteiger partial charge in [-0.25, -0.2) is 0 Å². The highest BCUT2D eigenvalue weighted by Gasteiger charge is 2.20. The van der Waals surface area contributed by atoms with E-state index >= 15 is 0 Å². The molecular weight excluding hydrogens is 188 g/mol. The molecule has 4 heteroatoms. The minimum Gasteiger partial charge on any atom is -0.449 e. The lowest BCUT2D eigenvalue weighted by Gasteiger charge is -2.10. The molecule has 0 saturated heterocycles. The standard InChI is InChI=1S/C10H11BF3/c1-9(7-8-11(12,13)14)10-5-3-2-4-6-10/h2-7H,8H2,1H3/q-1/b9-7+. The lowest BCUT2D eigenvalue weighted by atomic mass is 9.85. The van der Waals surface area contributed by atoms with E-state index in [0.717, 1.165) is 5.56 Å². The molecule has 14 heavy (non-hydrogen) atoms. The van der Waals surface area contributed by atoms with Gasteiger partial charge in [0.25, 0.3) is 0 Å². The molecule has 0 fully saturated rings. The molecule has 76 valence electrons. The summed E-state index contributed by atoms with van der Waals surface area (Å²) in [5.41, 5.74) is 1.51. The molecule has 0 N–H and O–H groups in total. The van der Waals surface area contributed by atoms with Crippen molar-refractivity contribution in [1.82, 2.24) is 0 Å². The van der Waals surface area contributed by atoms with Gasteiger partial charge >= 0.3 is 6.98 Å². The van der Waals surface area contributed by atoms with Gasteiger partial charge in [0, 0.05) is 0 Å². The minimum absolute atomic E-state index is 0.671. The summed E-state index contributed by atoms with van der Waals surface area (Å²) >= 11 is 0. The number of hydrogen-bond donors (Lipinski definition) is 0. The van der Waals surface area contributed by atoms with Crippen molar-refractivity contribution in [2.24, 2.45) is 0 Å². The highest BCUT2D eigenvalue weighted by molar-refractivity contribution is 6.59. The predicted octanol–water partition coefficient (Wildman–Crippen LogP) is 3.94. The Balaban J connectivity index is 2.71. The molecule has 0 aliphatic carbocycles. The fraction of sp³-hybridized carbons (Fsp3) is 0.200. The quantitative estimate of drug-likeness (QED) is 0.646. The Morgan fingerprint density at radius 1 is 1.21 bits per heavy atom. The Morgan fingerprint density at radius 3 is 2.29 bits per heavy atom. The summed E-state index contributed by atoms with van der Waals surface area (Å²) in [7, 11) is 0. The first-order valence-electron chi connectivity index (χ1n) is 4.42. The van der Waals surface area contributed by atoms with E-state index < -0.39 is 13.3 Å². The van der Waals surface area contributed by atoms with Crippen LogP contribution in [0.15, 0.2) is 36.4 Å². The Kier molecular flexibility index (Phi) is 3.39. The van der Waals surface area contributed by atoms with Gasteiger partial charge in [-0.3, -0.25) is 0 Å². The Bertz CT molecular complexity index is 314. The molecule has 1 rings (SSSR count). The van der Waals surface area contributed by atoms with E-state index in [9.17, 15) is 12.9 Å². The molecule has 0 atom stereocenters. The molecule has 0 radical (unpaired) electrons. The summed E-state index contributed by atoms with van der Waals surface area (Å²) in [5, 5.41) is 0. The Morgan fingerprint density at radius 2 is 1.79 bits per heavy atom. The number of halogens is 3. The zero-order chi connectivity index (χ0) is 10.6. The average molecular weight is 199 g/mol. The lowest BCUT2D eigenvalue weighted by Crippen LogP contribution is -2.12. The molecule has 0 amide bonds. The number of hydrogen-bond acceptors (Lipinski definition) is 0. The number of rotatable bonds is 3. The maximum absolute atomic E-state index is 11.9. The van der Waals surface area contributed by atoms with Crippen molar-refractivity contribution >= 4 is 12.6 Å². The van der Waals surface area contributed by atoms with E-state index in [4.69, 9.17) is 0 Å². The van der Waals surface area contributed by atoms with Gasteiger partial charge in [0.05, 0.1) is 0 Å². The molecule has 1 aromatic carbocycles. The maximum atomic E-state index is 11.9. The first-order chi connectivity index (χ1) is 6.49. The van der Waals surface area contributed by atoms with Crippen molar-refractivity contribution < 1.29 is 12.9 Å². The van der Waals surface area contributed by atoms with Gasteiger partial charge < -0.3 is 12.9 Å². The van der Waals surface area contributed by atoms with Crippen LogP contribution in [0.3, 0.4) is 0 Å². The van der Waals surface area contributed by atoms with Crippen molar-refractivity contribution in [2.75, 3.05) is 0 Å². The first-order valence-corrected chi connectivity index (χ1v) is 4.42. The number of allylic oxidation sites excluding steroid dienone is 2. The van der Waals surface area contributed by atoms with Crippen LogP contribution >= 0.6 is 0 Å². The van der Waals surface area contributed by atoms with Crippen LogP contribution in [0.25, 0.3) is 5.57 Å². The third-order valence-electron chi connectivity index (χ3n) is 1.92. The highest BCUT2D eigenvalue weighted by Crippen LogP contribution is 2.20. The Hall–Kier alpha value is -1.19. The van der Waals surface area contributed by atoms with Gasteiger partial charge in [-0.05, 0) is 12.5 Å². The van der Waals surface area contributed by atoms with Gasteiger partial charge in [0.15, 0.2) is 0 Å². The minimum atomic E-state index is -4.71. The van der Waals surface area contributed by atoms with Gasteiger partial charge in [-0.1, -0.05) is 42.2 Å². The van der Waals surface area contributed by atoms with E-state index in [1.165, 1.54) is 6.08 Å². The second-order valence-corrected chi connectivity index (χ2v) is 3.20. The zero-order valence-electron chi connectivity index (χ0n) is 7.88. The van der Waals surface area contributed by atoms with E-state index in [1.807, 2.05) is 18.2 Å². The van der Waals surface area contributed by atoms with E-state index in [2.05, 4.69) is 0 Å². The van der Waals surface area contributed by atoms with Crippen LogP contribution in [0.4, 0.5) is 12.9 Å². The summed E-state index contributed by atoms with van der Waals surface area (Å²) in [6.45, 7) is -3.01. The molecule has 0 aliphatic rings. The second-order valence-electron chi connectivity index (χ2n) is 3.20. The maximum Gasteiger partial charge on any atom is 0.482 e. The SMILES string of the molecule is C/C(=C\C[B-](F)(F)F)c1ccccc1. The topological polar surface area (TPSA) is 0 Å². The van der Waals surface area contributed by atoms with E-state index in [1.54, 1.807) is 19.1 Å². The smallest absolute Gasteiger partial charge is 0.449 e.